The van der Waals surface area contributed by atoms with Crippen molar-refractivity contribution in [3.63, 3.8) is 0 Å². The molecule has 0 saturated carbocycles. The molecular weight excluding hydrogens is 206 g/mol. The second-order valence-electron chi connectivity index (χ2n) is 2.93. The van der Waals surface area contributed by atoms with Crippen molar-refractivity contribution >= 4 is 29.2 Å². The monoisotopic (exact) mass is 219 g/mol. The Bertz CT molecular complexity index is 482. The predicted molar refractivity (Wildman–Crippen MR) is 67.0 cm³/mol. The van der Waals surface area contributed by atoms with Crippen LogP contribution in [0.3, 0.4) is 0 Å². The first-order valence-corrected chi connectivity index (χ1v) is 5.23. The van der Waals surface area contributed by atoms with Gasteiger partial charge in [-0.3, -0.25) is 0 Å². The van der Waals surface area contributed by atoms with Gasteiger partial charge in [0.1, 0.15) is 0 Å². The molecule has 1 aromatic heterocycles. The summed E-state index contributed by atoms with van der Waals surface area (Å²) in [5, 5.41) is 9.54. The minimum Gasteiger partial charge on any atom is -0.397 e. The van der Waals surface area contributed by atoms with E-state index in [1.165, 1.54) is 0 Å². The van der Waals surface area contributed by atoms with E-state index in [0.29, 0.717) is 11.3 Å². The zero-order valence-electron chi connectivity index (χ0n) is 8.49. The zero-order chi connectivity index (χ0) is 11.3. The Balaban J connectivity index is 0.000000337. The van der Waals surface area contributed by atoms with E-state index in [9.17, 15) is 0 Å². The quantitative estimate of drug-likeness (QED) is 0.596. The summed E-state index contributed by atoms with van der Waals surface area (Å²) in [6, 6.07) is 7.46. The van der Waals surface area contributed by atoms with Crippen LogP contribution in [0.5, 0.6) is 0 Å². The maximum absolute atomic E-state index is 8.62. The lowest BCUT2D eigenvalue weighted by Crippen LogP contribution is -1.80. The average Bonchev–Trinajstić information content (AvgIpc) is 2.61. The molecule has 78 valence electrons. The number of hydrogen-bond donors (Lipinski definition) is 3. The Morgan fingerprint density at radius 3 is 2.80 bits per heavy atom. The Morgan fingerprint density at radius 1 is 1.53 bits per heavy atom. The smallest absolute Gasteiger partial charge is 0.0991 e. The molecule has 0 bridgehead atoms. The van der Waals surface area contributed by atoms with Crippen LogP contribution in [0.15, 0.2) is 24.4 Å². The third-order valence-electron chi connectivity index (χ3n) is 1.84. The molecule has 3 N–H and O–H groups in total. The molecule has 2 aromatic rings. The summed E-state index contributed by atoms with van der Waals surface area (Å²) in [6.07, 6.45) is 1.73. The number of nitrogens with two attached hydrogens (primary N) is 1. The molecule has 0 fully saturated rings. The normalized spacial score (nSPS) is 9.13. The second-order valence-corrected chi connectivity index (χ2v) is 3.56. The highest BCUT2D eigenvalue weighted by atomic mass is 32.1. The maximum Gasteiger partial charge on any atom is 0.0991 e. The number of thiol groups is 1. The second kappa shape index (κ2) is 5.32. The summed E-state index contributed by atoms with van der Waals surface area (Å²) in [7, 11) is 0. The van der Waals surface area contributed by atoms with E-state index in [2.05, 4.69) is 23.7 Å². The van der Waals surface area contributed by atoms with Crippen molar-refractivity contribution in [2.75, 3.05) is 11.5 Å². The molecule has 2 rings (SSSR count). The van der Waals surface area contributed by atoms with Crippen molar-refractivity contribution in [3.05, 3.63) is 30.0 Å². The molecule has 1 aromatic carbocycles. The number of anilines is 1. The molecule has 1 heterocycles. The summed E-state index contributed by atoms with van der Waals surface area (Å²) in [5.41, 5.74) is 7.94. The molecule has 0 amide bonds. The van der Waals surface area contributed by atoms with Gasteiger partial charge >= 0.3 is 0 Å². The van der Waals surface area contributed by atoms with E-state index in [4.69, 9.17) is 11.0 Å². The highest BCUT2D eigenvalue weighted by molar-refractivity contribution is 7.80. The number of hydrogen-bond acceptors (Lipinski definition) is 3. The van der Waals surface area contributed by atoms with Crippen LogP contribution in [0.25, 0.3) is 10.9 Å². The Kier molecular flexibility index (Phi) is 4.07. The van der Waals surface area contributed by atoms with Crippen molar-refractivity contribution < 1.29 is 0 Å². The van der Waals surface area contributed by atoms with Gasteiger partial charge in [0.2, 0.25) is 0 Å². The molecule has 0 aliphatic rings. The van der Waals surface area contributed by atoms with Gasteiger partial charge in [0.15, 0.2) is 0 Å². The summed E-state index contributed by atoms with van der Waals surface area (Å²) in [4.78, 5) is 3.00. The van der Waals surface area contributed by atoms with Gasteiger partial charge in [-0.2, -0.15) is 17.9 Å². The summed E-state index contributed by atoms with van der Waals surface area (Å²) < 4.78 is 0. The van der Waals surface area contributed by atoms with Gasteiger partial charge in [-0.25, -0.2) is 0 Å². The van der Waals surface area contributed by atoms with Gasteiger partial charge in [-0.05, 0) is 24.0 Å². The first-order valence-electron chi connectivity index (χ1n) is 4.60. The number of aromatic amines is 1. The molecule has 0 aliphatic carbocycles. The molecule has 4 heteroatoms. The first-order chi connectivity index (χ1) is 7.22. The van der Waals surface area contributed by atoms with Gasteiger partial charge in [-0.15, -0.1) is 0 Å². The van der Waals surface area contributed by atoms with E-state index in [0.717, 1.165) is 16.7 Å². The molecule has 0 atom stereocenters. The molecule has 15 heavy (non-hydrogen) atoms. The molecule has 0 unspecified atom stereocenters. The van der Waals surface area contributed by atoms with Crippen molar-refractivity contribution in [2.45, 2.75) is 6.92 Å². The highest BCUT2D eigenvalue weighted by Gasteiger charge is 1.99. The number of rotatable bonds is 0. The Morgan fingerprint density at radius 2 is 2.20 bits per heavy atom. The number of aromatic nitrogens is 1. The van der Waals surface area contributed by atoms with Crippen LogP contribution in [0.2, 0.25) is 0 Å². The largest absolute Gasteiger partial charge is 0.397 e. The number of nitriles is 1. The van der Waals surface area contributed by atoms with E-state index in [1.54, 1.807) is 18.3 Å². The molecule has 0 saturated heterocycles. The van der Waals surface area contributed by atoms with Crippen molar-refractivity contribution in [3.8, 4) is 6.07 Å². The molecule has 0 radical (unpaired) electrons. The number of H-pyrrole nitrogens is 1. The lowest BCUT2D eigenvalue weighted by molar-refractivity contribution is 1.47. The molecule has 3 nitrogen and oxygen atoms in total. The number of nitrogens with one attached hydrogen (secondary N) is 1. The van der Waals surface area contributed by atoms with Crippen LogP contribution >= 0.6 is 12.6 Å². The van der Waals surface area contributed by atoms with Crippen LogP contribution in [0, 0.1) is 11.3 Å². The maximum atomic E-state index is 8.62. The SMILES string of the molecule is CCS.N#Cc1ccc2[nH]cc(N)c2c1. The summed E-state index contributed by atoms with van der Waals surface area (Å²) in [6.45, 7) is 1.99. The third-order valence-corrected chi connectivity index (χ3v) is 1.84. The van der Waals surface area contributed by atoms with Gasteiger partial charge in [0, 0.05) is 17.1 Å². The van der Waals surface area contributed by atoms with Crippen LogP contribution in [0.4, 0.5) is 5.69 Å². The zero-order valence-corrected chi connectivity index (χ0v) is 9.38. The lowest BCUT2D eigenvalue weighted by atomic mass is 10.1. The number of nitrogens with zero attached hydrogens (tertiary/aromatic N) is 1. The molecule has 0 aliphatic heterocycles. The Labute approximate surface area is 94.3 Å². The minimum atomic E-state index is 0.633. The first kappa shape index (κ1) is 11.5. The lowest BCUT2D eigenvalue weighted by Gasteiger charge is -1.91. The van der Waals surface area contributed by atoms with Crippen molar-refractivity contribution in [1.29, 1.82) is 5.26 Å². The summed E-state index contributed by atoms with van der Waals surface area (Å²) >= 11 is 3.79. The van der Waals surface area contributed by atoms with E-state index < -0.39 is 0 Å². The molecule has 0 spiro atoms. The van der Waals surface area contributed by atoms with Gasteiger partial charge in [-0.1, -0.05) is 6.92 Å². The fourth-order valence-electron chi connectivity index (χ4n) is 1.21. The highest BCUT2D eigenvalue weighted by Crippen LogP contribution is 2.20. The van der Waals surface area contributed by atoms with Crippen LogP contribution in [-0.4, -0.2) is 10.7 Å². The summed E-state index contributed by atoms with van der Waals surface area (Å²) in [5.74, 6) is 0.944. The van der Waals surface area contributed by atoms with E-state index in [-0.39, 0.29) is 0 Å². The molecular formula is C11H13N3S. The van der Waals surface area contributed by atoms with E-state index in [1.807, 2.05) is 13.0 Å². The van der Waals surface area contributed by atoms with Crippen LogP contribution in [-0.2, 0) is 0 Å². The van der Waals surface area contributed by atoms with E-state index >= 15 is 0 Å². The van der Waals surface area contributed by atoms with Crippen LogP contribution in [0.1, 0.15) is 12.5 Å². The standard InChI is InChI=1S/C9H7N3.C2H6S/c10-4-6-1-2-9-7(3-6)8(11)5-12-9;1-2-3/h1-3,5,12H,11H2;3H,2H2,1H3. The Hall–Kier alpha value is -1.60. The van der Waals surface area contributed by atoms with Crippen molar-refractivity contribution in [1.82, 2.24) is 4.98 Å². The minimum absolute atomic E-state index is 0.633. The van der Waals surface area contributed by atoms with Gasteiger partial charge in [0.05, 0.1) is 17.3 Å². The van der Waals surface area contributed by atoms with Crippen molar-refractivity contribution in [2.24, 2.45) is 0 Å². The number of fused-ring (bicyclic) bond motifs is 1. The topological polar surface area (TPSA) is 65.6 Å². The number of benzene rings is 1. The van der Waals surface area contributed by atoms with Crippen LogP contribution < -0.4 is 5.73 Å². The average molecular weight is 219 g/mol. The fourth-order valence-corrected chi connectivity index (χ4v) is 1.21. The van der Waals surface area contributed by atoms with Gasteiger partial charge in [0.25, 0.3) is 0 Å². The fraction of sp³-hybridized carbons (Fsp3) is 0.182. The number of nitrogen functional groups attached to an aromatic ring is 1. The third kappa shape index (κ3) is 2.67. The van der Waals surface area contributed by atoms with Gasteiger partial charge < -0.3 is 10.7 Å². The predicted octanol–water partition coefficient (Wildman–Crippen LogP) is 2.56.